The molecule has 1 aliphatic heterocycles. The smallest absolute Gasteiger partial charge is 0.321 e. The van der Waals surface area contributed by atoms with Crippen molar-refractivity contribution in [3.8, 4) is 0 Å². The fraction of sp³-hybridized carbons (Fsp3) is 0.381. The zero-order chi connectivity index (χ0) is 17.5. The van der Waals surface area contributed by atoms with Gasteiger partial charge in [-0.15, -0.1) is 0 Å². The summed E-state index contributed by atoms with van der Waals surface area (Å²) >= 11 is 0. The van der Waals surface area contributed by atoms with Gasteiger partial charge >= 0.3 is 6.03 Å². The quantitative estimate of drug-likeness (QED) is 0.904. The normalized spacial score (nSPS) is 15.2. The van der Waals surface area contributed by atoms with Crippen LogP contribution in [0.15, 0.2) is 54.6 Å². The standard InChI is InChI=1S/C21H27N3O/c1-2-19-10-6-7-11-20(19)22-21(25)24-16-14-23(15-17-24)13-12-18-8-4-3-5-9-18/h3-11H,2,12-17H2,1H3,(H,22,25). The summed E-state index contributed by atoms with van der Waals surface area (Å²) in [5, 5.41) is 3.07. The first kappa shape index (κ1) is 17.5. The van der Waals surface area contributed by atoms with Gasteiger partial charge in [-0.25, -0.2) is 4.79 Å². The minimum Gasteiger partial charge on any atom is -0.322 e. The van der Waals surface area contributed by atoms with E-state index in [1.54, 1.807) is 0 Å². The van der Waals surface area contributed by atoms with Gasteiger partial charge in [-0.3, -0.25) is 4.90 Å². The largest absolute Gasteiger partial charge is 0.322 e. The van der Waals surface area contributed by atoms with Crippen LogP contribution in [-0.2, 0) is 12.8 Å². The molecule has 1 N–H and O–H groups in total. The van der Waals surface area contributed by atoms with Crippen molar-refractivity contribution in [2.24, 2.45) is 0 Å². The Morgan fingerprint density at radius 3 is 2.36 bits per heavy atom. The van der Waals surface area contributed by atoms with Crippen LogP contribution in [0.2, 0.25) is 0 Å². The topological polar surface area (TPSA) is 35.6 Å². The number of anilines is 1. The van der Waals surface area contributed by atoms with Crippen molar-refractivity contribution < 1.29 is 4.79 Å². The number of hydrogen-bond donors (Lipinski definition) is 1. The average Bonchev–Trinajstić information content (AvgIpc) is 2.68. The molecule has 0 spiro atoms. The third kappa shape index (κ3) is 4.83. The number of carbonyl (C=O) groups excluding carboxylic acids is 1. The molecule has 4 nitrogen and oxygen atoms in total. The van der Waals surface area contributed by atoms with E-state index in [0.29, 0.717) is 0 Å². The van der Waals surface area contributed by atoms with E-state index in [1.165, 1.54) is 11.1 Å². The Labute approximate surface area is 150 Å². The molecule has 2 aromatic carbocycles. The summed E-state index contributed by atoms with van der Waals surface area (Å²) in [4.78, 5) is 16.9. The highest BCUT2D eigenvalue weighted by Crippen LogP contribution is 2.16. The Balaban J connectivity index is 1.46. The molecule has 0 aliphatic carbocycles. The third-order valence-corrected chi connectivity index (χ3v) is 4.86. The summed E-state index contributed by atoms with van der Waals surface area (Å²) < 4.78 is 0. The second-order valence-corrected chi connectivity index (χ2v) is 6.51. The molecule has 0 atom stereocenters. The van der Waals surface area contributed by atoms with Gasteiger partial charge in [0.05, 0.1) is 0 Å². The number of piperazine rings is 1. The van der Waals surface area contributed by atoms with Crippen LogP contribution in [0, 0.1) is 0 Å². The molecular formula is C21H27N3O. The van der Waals surface area contributed by atoms with Gasteiger partial charge in [0, 0.05) is 38.4 Å². The molecule has 1 aliphatic rings. The number of aryl methyl sites for hydroxylation is 1. The van der Waals surface area contributed by atoms with Crippen LogP contribution < -0.4 is 5.32 Å². The molecule has 0 aromatic heterocycles. The van der Waals surface area contributed by atoms with Crippen LogP contribution in [0.5, 0.6) is 0 Å². The van der Waals surface area contributed by atoms with Gasteiger partial charge in [0.2, 0.25) is 0 Å². The Morgan fingerprint density at radius 2 is 1.64 bits per heavy atom. The summed E-state index contributed by atoms with van der Waals surface area (Å²) in [6, 6.07) is 18.6. The van der Waals surface area contributed by atoms with Crippen LogP contribution in [0.1, 0.15) is 18.1 Å². The number of para-hydroxylation sites is 1. The van der Waals surface area contributed by atoms with Gasteiger partial charge < -0.3 is 10.2 Å². The molecule has 4 heteroatoms. The summed E-state index contributed by atoms with van der Waals surface area (Å²) in [7, 11) is 0. The predicted octanol–water partition coefficient (Wildman–Crippen LogP) is 3.64. The molecule has 1 heterocycles. The molecule has 0 saturated carbocycles. The van der Waals surface area contributed by atoms with Crippen LogP contribution in [0.4, 0.5) is 10.5 Å². The summed E-state index contributed by atoms with van der Waals surface area (Å²) in [6.45, 7) is 6.61. The Kier molecular flexibility index (Phi) is 6.07. The second kappa shape index (κ2) is 8.67. The number of rotatable bonds is 5. The van der Waals surface area contributed by atoms with E-state index < -0.39 is 0 Å². The maximum Gasteiger partial charge on any atom is 0.321 e. The zero-order valence-electron chi connectivity index (χ0n) is 14.9. The van der Waals surface area contributed by atoms with Crippen molar-refractivity contribution in [1.29, 1.82) is 0 Å². The SMILES string of the molecule is CCc1ccccc1NC(=O)N1CCN(CCc2ccccc2)CC1. The molecule has 1 saturated heterocycles. The van der Waals surface area contributed by atoms with Crippen molar-refractivity contribution in [1.82, 2.24) is 9.80 Å². The summed E-state index contributed by atoms with van der Waals surface area (Å²) in [5.74, 6) is 0. The number of carbonyl (C=O) groups is 1. The van der Waals surface area contributed by atoms with Crippen LogP contribution in [0.3, 0.4) is 0 Å². The molecular weight excluding hydrogens is 310 g/mol. The van der Waals surface area contributed by atoms with Crippen molar-refractivity contribution in [2.75, 3.05) is 38.0 Å². The van der Waals surface area contributed by atoms with E-state index in [0.717, 1.165) is 51.3 Å². The van der Waals surface area contributed by atoms with E-state index in [4.69, 9.17) is 0 Å². The lowest BCUT2D eigenvalue weighted by molar-refractivity contribution is 0.148. The van der Waals surface area contributed by atoms with Gasteiger partial charge in [0.1, 0.15) is 0 Å². The lowest BCUT2D eigenvalue weighted by atomic mass is 10.1. The summed E-state index contributed by atoms with van der Waals surface area (Å²) in [6.07, 6.45) is 1.99. The minimum absolute atomic E-state index is 0.0172. The number of benzene rings is 2. The second-order valence-electron chi connectivity index (χ2n) is 6.51. The maximum absolute atomic E-state index is 12.5. The van der Waals surface area contributed by atoms with Crippen molar-refractivity contribution in [3.05, 3.63) is 65.7 Å². The first-order chi connectivity index (χ1) is 12.3. The lowest BCUT2D eigenvalue weighted by Crippen LogP contribution is -2.50. The first-order valence-electron chi connectivity index (χ1n) is 9.16. The van der Waals surface area contributed by atoms with E-state index in [9.17, 15) is 4.79 Å². The van der Waals surface area contributed by atoms with E-state index in [-0.39, 0.29) is 6.03 Å². The predicted molar refractivity (Wildman–Crippen MR) is 103 cm³/mol. The zero-order valence-corrected chi connectivity index (χ0v) is 14.9. The number of hydrogen-bond acceptors (Lipinski definition) is 2. The number of nitrogens with zero attached hydrogens (tertiary/aromatic N) is 2. The molecule has 3 rings (SSSR count). The van der Waals surface area contributed by atoms with Crippen molar-refractivity contribution in [2.45, 2.75) is 19.8 Å². The molecule has 0 bridgehead atoms. The lowest BCUT2D eigenvalue weighted by Gasteiger charge is -2.34. The number of amides is 2. The van der Waals surface area contributed by atoms with E-state index in [2.05, 4.69) is 53.5 Å². The van der Waals surface area contributed by atoms with E-state index >= 15 is 0 Å². The van der Waals surface area contributed by atoms with Gasteiger partial charge in [-0.05, 0) is 30.0 Å². The van der Waals surface area contributed by atoms with Gasteiger partial charge in [-0.2, -0.15) is 0 Å². The highest BCUT2D eigenvalue weighted by molar-refractivity contribution is 5.90. The van der Waals surface area contributed by atoms with Crippen LogP contribution in [-0.4, -0.2) is 48.6 Å². The fourth-order valence-electron chi connectivity index (χ4n) is 3.25. The summed E-state index contributed by atoms with van der Waals surface area (Å²) in [5.41, 5.74) is 3.48. The van der Waals surface area contributed by atoms with Gasteiger partial charge in [0.15, 0.2) is 0 Å². The maximum atomic E-state index is 12.5. The van der Waals surface area contributed by atoms with E-state index in [1.807, 2.05) is 23.1 Å². The van der Waals surface area contributed by atoms with Crippen molar-refractivity contribution in [3.63, 3.8) is 0 Å². The molecule has 132 valence electrons. The monoisotopic (exact) mass is 337 g/mol. The number of urea groups is 1. The fourth-order valence-corrected chi connectivity index (χ4v) is 3.25. The molecule has 2 aromatic rings. The minimum atomic E-state index is 0.0172. The van der Waals surface area contributed by atoms with Gasteiger partial charge in [-0.1, -0.05) is 55.5 Å². The van der Waals surface area contributed by atoms with Gasteiger partial charge in [0.25, 0.3) is 0 Å². The Hall–Kier alpha value is -2.33. The first-order valence-corrected chi connectivity index (χ1v) is 9.16. The highest BCUT2D eigenvalue weighted by atomic mass is 16.2. The Morgan fingerprint density at radius 1 is 0.960 bits per heavy atom. The Bertz CT molecular complexity index is 679. The third-order valence-electron chi connectivity index (χ3n) is 4.86. The molecule has 0 radical (unpaired) electrons. The highest BCUT2D eigenvalue weighted by Gasteiger charge is 2.21. The molecule has 1 fully saturated rings. The van der Waals surface area contributed by atoms with Crippen LogP contribution in [0.25, 0.3) is 0 Å². The average molecular weight is 337 g/mol. The van der Waals surface area contributed by atoms with Crippen LogP contribution >= 0.6 is 0 Å². The molecule has 25 heavy (non-hydrogen) atoms. The molecule has 0 unspecified atom stereocenters. The number of nitrogens with one attached hydrogen (secondary N) is 1. The van der Waals surface area contributed by atoms with Crippen molar-refractivity contribution >= 4 is 11.7 Å². The molecule has 2 amide bonds.